The first-order valence-electron chi connectivity index (χ1n) is 5.79. The number of rotatable bonds is 6. The SMILES string of the molecule is COc1cccc(CCCNC(=O)C(C)N)c1. The van der Waals surface area contributed by atoms with Gasteiger partial charge in [0.1, 0.15) is 5.75 Å². The quantitative estimate of drug-likeness (QED) is 0.727. The number of methoxy groups -OCH3 is 1. The lowest BCUT2D eigenvalue weighted by atomic mass is 10.1. The van der Waals surface area contributed by atoms with E-state index in [1.807, 2.05) is 18.2 Å². The fraction of sp³-hybridized carbons (Fsp3) is 0.462. The number of hydrogen-bond acceptors (Lipinski definition) is 3. The van der Waals surface area contributed by atoms with Gasteiger partial charge in [0.05, 0.1) is 13.2 Å². The van der Waals surface area contributed by atoms with E-state index in [-0.39, 0.29) is 5.91 Å². The molecule has 0 fully saturated rings. The number of carbonyl (C=O) groups excluding carboxylic acids is 1. The van der Waals surface area contributed by atoms with E-state index in [9.17, 15) is 4.79 Å². The smallest absolute Gasteiger partial charge is 0.236 e. The third kappa shape index (κ3) is 4.87. The average Bonchev–Trinajstić information content (AvgIpc) is 2.34. The Morgan fingerprint density at radius 2 is 2.29 bits per heavy atom. The molecule has 0 radical (unpaired) electrons. The summed E-state index contributed by atoms with van der Waals surface area (Å²) < 4.78 is 5.14. The first kappa shape index (κ1) is 13.5. The van der Waals surface area contributed by atoms with E-state index in [1.54, 1.807) is 14.0 Å². The van der Waals surface area contributed by atoms with Gasteiger partial charge in [-0.05, 0) is 37.5 Å². The largest absolute Gasteiger partial charge is 0.497 e. The summed E-state index contributed by atoms with van der Waals surface area (Å²) >= 11 is 0. The maximum atomic E-state index is 11.2. The van der Waals surface area contributed by atoms with Gasteiger partial charge in [-0.25, -0.2) is 0 Å². The van der Waals surface area contributed by atoms with Gasteiger partial charge < -0.3 is 15.8 Å². The standard InChI is InChI=1S/C13H20N2O2/c1-10(14)13(16)15-8-4-6-11-5-3-7-12(9-11)17-2/h3,5,7,9-10H,4,6,8,14H2,1-2H3,(H,15,16). The van der Waals surface area contributed by atoms with Crippen molar-refractivity contribution < 1.29 is 9.53 Å². The maximum Gasteiger partial charge on any atom is 0.236 e. The molecule has 0 aliphatic carbocycles. The van der Waals surface area contributed by atoms with Gasteiger partial charge >= 0.3 is 0 Å². The molecule has 0 aliphatic heterocycles. The van der Waals surface area contributed by atoms with Crippen LogP contribution >= 0.6 is 0 Å². The number of aryl methyl sites for hydroxylation is 1. The Morgan fingerprint density at radius 1 is 1.53 bits per heavy atom. The van der Waals surface area contributed by atoms with E-state index < -0.39 is 6.04 Å². The zero-order chi connectivity index (χ0) is 12.7. The van der Waals surface area contributed by atoms with Crippen molar-refractivity contribution in [2.24, 2.45) is 5.73 Å². The maximum absolute atomic E-state index is 11.2. The van der Waals surface area contributed by atoms with Crippen LogP contribution in [0.5, 0.6) is 5.75 Å². The number of carbonyl (C=O) groups is 1. The fourth-order valence-corrected chi connectivity index (χ4v) is 1.49. The number of nitrogens with one attached hydrogen (secondary N) is 1. The molecular weight excluding hydrogens is 216 g/mol. The molecule has 0 bridgehead atoms. The van der Waals surface area contributed by atoms with Gasteiger partial charge in [-0.3, -0.25) is 4.79 Å². The average molecular weight is 236 g/mol. The van der Waals surface area contributed by atoms with Crippen molar-refractivity contribution in [1.82, 2.24) is 5.32 Å². The third-order valence-corrected chi connectivity index (χ3v) is 2.49. The van der Waals surface area contributed by atoms with Gasteiger partial charge in [0.25, 0.3) is 0 Å². The van der Waals surface area contributed by atoms with Crippen LogP contribution in [0.4, 0.5) is 0 Å². The van der Waals surface area contributed by atoms with Crippen molar-refractivity contribution in [3.8, 4) is 5.75 Å². The van der Waals surface area contributed by atoms with E-state index in [0.717, 1.165) is 18.6 Å². The number of amides is 1. The number of benzene rings is 1. The van der Waals surface area contributed by atoms with E-state index in [0.29, 0.717) is 6.54 Å². The Hall–Kier alpha value is -1.55. The van der Waals surface area contributed by atoms with E-state index in [1.165, 1.54) is 5.56 Å². The highest BCUT2D eigenvalue weighted by Crippen LogP contribution is 2.13. The Labute approximate surface area is 102 Å². The van der Waals surface area contributed by atoms with E-state index in [2.05, 4.69) is 11.4 Å². The van der Waals surface area contributed by atoms with Crippen LogP contribution in [-0.4, -0.2) is 25.6 Å². The summed E-state index contributed by atoms with van der Waals surface area (Å²) in [6, 6.07) is 7.51. The van der Waals surface area contributed by atoms with Crippen LogP contribution in [0.15, 0.2) is 24.3 Å². The van der Waals surface area contributed by atoms with E-state index >= 15 is 0 Å². The predicted octanol–water partition coefficient (Wildman–Crippen LogP) is 1.09. The molecule has 1 unspecified atom stereocenters. The summed E-state index contributed by atoms with van der Waals surface area (Å²) in [5.41, 5.74) is 6.65. The van der Waals surface area contributed by atoms with Crippen molar-refractivity contribution in [3.63, 3.8) is 0 Å². The first-order valence-corrected chi connectivity index (χ1v) is 5.79. The summed E-state index contributed by atoms with van der Waals surface area (Å²) in [7, 11) is 1.65. The molecule has 0 aromatic heterocycles. The number of hydrogen-bond donors (Lipinski definition) is 2. The lowest BCUT2D eigenvalue weighted by Crippen LogP contribution is -2.38. The lowest BCUT2D eigenvalue weighted by Gasteiger charge is -2.08. The second kappa shape index (κ2) is 6.91. The topological polar surface area (TPSA) is 64.3 Å². The molecule has 4 heteroatoms. The fourth-order valence-electron chi connectivity index (χ4n) is 1.49. The second-order valence-electron chi connectivity index (χ2n) is 4.03. The molecule has 0 spiro atoms. The summed E-state index contributed by atoms with van der Waals surface area (Å²) in [6.07, 6.45) is 1.81. The zero-order valence-electron chi connectivity index (χ0n) is 10.4. The van der Waals surface area contributed by atoms with Gasteiger partial charge in [0, 0.05) is 6.54 Å². The number of ether oxygens (including phenoxy) is 1. The minimum Gasteiger partial charge on any atom is -0.497 e. The van der Waals surface area contributed by atoms with Crippen molar-refractivity contribution >= 4 is 5.91 Å². The Morgan fingerprint density at radius 3 is 2.94 bits per heavy atom. The van der Waals surface area contributed by atoms with Gasteiger partial charge in [0.2, 0.25) is 5.91 Å². The molecular formula is C13H20N2O2. The van der Waals surface area contributed by atoms with Gasteiger partial charge in [-0.1, -0.05) is 12.1 Å². The van der Waals surface area contributed by atoms with Crippen molar-refractivity contribution in [2.45, 2.75) is 25.8 Å². The highest BCUT2D eigenvalue weighted by Gasteiger charge is 2.05. The second-order valence-corrected chi connectivity index (χ2v) is 4.03. The molecule has 4 nitrogen and oxygen atoms in total. The van der Waals surface area contributed by atoms with Crippen molar-refractivity contribution in [2.75, 3.05) is 13.7 Å². The van der Waals surface area contributed by atoms with Gasteiger partial charge in [-0.15, -0.1) is 0 Å². The minimum atomic E-state index is -0.438. The van der Waals surface area contributed by atoms with Gasteiger partial charge in [-0.2, -0.15) is 0 Å². The molecule has 0 aliphatic rings. The molecule has 1 rings (SSSR count). The predicted molar refractivity (Wildman–Crippen MR) is 68.0 cm³/mol. The summed E-state index contributed by atoms with van der Waals surface area (Å²) in [6.45, 7) is 2.33. The van der Waals surface area contributed by atoms with Crippen LogP contribution in [0.2, 0.25) is 0 Å². The highest BCUT2D eigenvalue weighted by atomic mass is 16.5. The van der Waals surface area contributed by atoms with Crippen LogP contribution in [0.3, 0.4) is 0 Å². The Bertz CT molecular complexity index is 364. The summed E-state index contributed by atoms with van der Waals surface area (Å²) in [5, 5.41) is 2.79. The Balaban J connectivity index is 2.28. The molecule has 1 aromatic rings. The number of nitrogens with two attached hydrogens (primary N) is 1. The van der Waals surface area contributed by atoms with Crippen LogP contribution in [-0.2, 0) is 11.2 Å². The Kier molecular flexibility index (Phi) is 5.49. The molecule has 0 saturated heterocycles. The molecule has 1 amide bonds. The molecule has 0 saturated carbocycles. The molecule has 3 N–H and O–H groups in total. The third-order valence-electron chi connectivity index (χ3n) is 2.49. The molecule has 17 heavy (non-hydrogen) atoms. The van der Waals surface area contributed by atoms with Crippen molar-refractivity contribution in [3.05, 3.63) is 29.8 Å². The van der Waals surface area contributed by atoms with Crippen LogP contribution < -0.4 is 15.8 Å². The van der Waals surface area contributed by atoms with Gasteiger partial charge in [0.15, 0.2) is 0 Å². The van der Waals surface area contributed by atoms with Crippen LogP contribution in [0.25, 0.3) is 0 Å². The monoisotopic (exact) mass is 236 g/mol. The molecule has 94 valence electrons. The van der Waals surface area contributed by atoms with Crippen LogP contribution in [0, 0.1) is 0 Å². The van der Waals surface area contributed by atoms with Crippen LogP contribution in [0.1, 0.15) is 18.9 Å². The summed E-state index contributed by atoms with van der Waals surface area (Å²) in [5.74, 6) is 0.762. The molecule has 1 atom stereocenters. The van der Waals surface area contributed by atoms with E-state index in [4.69, 9.17) is 10.5 Å². The van der Waals surface area contributed by atoms with Crippen molar-refractivity contribution in [1.29, 1.82) is 0 Å². The zero-order valence-corrected chi connectivity index (χ0v) is 10.4. The highest BCUT2D eigenvalue weighted by molar-refractivity contribution is 5.80. The first-order chi connectivity index (χ1) is 8.13. The minimum absolute atomic E-state index is 0.101. The summed E-state index contributed by atoms with van der Waals surface area (Å²) in [4.78, 5) is 11.2. The molecule has 1 aromatic carbocycles. The molecule has 0 heterocycles. The normalized spacial score (nSPS) is 11.9. The lowest BCUT2D eigenvalue weighted by molar-refractivity contribution is -0.121.